The van der Waals surface area contributed by atoms with Crippen LogP contribution >= 0.6 is 11.6 Å². The van der Waals surface area contributed by atoms with Gasteiger partial charge in [-0.2, -0.15) is 0 Å². The lowest BCUT2D eigenvalue weighted by Gasteiger charge is -2.43. The van der Waals surface area contributed by atoms with Crippen LogP contribution in [0.3, 0.4) is 0 Å². The first-order chi connectivity index (χ1) is 17.2. The van der Waals surface area contributed by atoms with E-state index < -0.39 is 12.6 Å². The van der Waals surface area contributed by atoms with Crippen molar-refractivity contribution >= 4 is 17.6 Å². The summed E-state index contributed by atoms with van der Waals surface area (Å²) in [5, 5.41) is 9.93. The van der Waals surface area contributed by atoms with Crippen LogP contribution in [0.2, 0.25) is 5.02 Å². The third-order valence-electron chi connectivity index (χ3n) is 6.95. The van der Waals surface area contributed by atoms with E-state index in [1.54, 1.807) is 0 Å². The van der Waals surface area contributed by atoms with E-state index in [-0.39, 0.29) is 24.0 Å². The minimum atomic E-state index is -1.02. The van der Waals surface area contributed by atoms with Gasteiger partial charge in [-0.15, -0.1) is 0 Å². The Morgan fingerprint density at radius 3 is 2.36 bits per heavy atom. The largest absolute Gasteiger partial charge is 0.482 e. The summed E-state index contributed by atoms with van der Waals surface area (Å²) in [4.78, 5) is 11.3. The average molecular weight is 505 g/mol. The van der Waals surface area contributed by atoms with E-state index in [4.69, 9.17) is 21.1 Å². The molecule has 1 fully saturated rings. The van der Waals surface area contributed by atoms with Crippen LogP contribution in [-0.4, -0.2) is 17.7 Å². The highest BCUT2D eigenvalue weighted by Gasteiger charge is 2.41. The molecule has 3 aromatic carbocycles. The molecule has 36 heavy (non-hydrogen) atoms. The summed E-state index contributed by atoms with van der Waals surface area (Å²) in [7, 11) is 0. The quantitative estimate of drug-likeness (QED) is 0.315. The summed E-state index contributed by atoms with van der Waals surface area (Å²) in [6, 6.07) is 24.2. The Labute approximate surface area is 218 Å². The van der Waals surface area contributed by atoms with E-state index in [0.717, 1.165) is 28.7 Å². The van der Waals surface area contributed by atoms with Gasteiger partial charge >= 0.3 is 5.97 Å². The average Bonchev–Trinajstić information content (AvgIpc) is 2.87. The molecule has 1 aliphatic rings. The highest BCUT2D eigenvalue weighted by atomic mass is 35.5. The minimum absolute atomic E-state index is 0.0216. The van der Waals surface area contributed by atoms with Crippen LogP contribution in [0.15, 0.2) is 84.9 Å². The second kappa shape index (κ2) is 11.3. The standard InChI is InChI=1S/C31H33ClO4/c1-19(2)23-12-15-28(35-18-29(33)34)27(16-23)31-25(20(3)4)17-26(21-8-6-5-7-9-21)30(36-31)22-10-13-24(32)14-11-22/h5-16,19,25-26,30-31H,3,17-18H2,1-2,4H3,(H,33,34)/t25-,26+,30+,31+/m1/s1. The molecule has 188 valence electrons. The second-order valence-corrected chi connectivity index (χ2v) is 10.3. The normalized spacial score (nSPS) is 21.8. The van der Waals surface area contributed by atoms with Crippen molar-refractivity contribution in [2.24, 2.45) is 5.92 Å². The molecule has 0 saturated carbocycles. The second-order valence-electron chi connectivity index (χ2n) is 9.87. The summed E-state index contributed by atoms with van der Waals surface area (Å²) in [6.45, 7) is 10.2. The molecule has 0 aliphatic carbocycles. The number of hydrogen-bond donors (Lipinski definition) is 1. The molecule has 0 amide bonds. The highest BCUT2D eigenvalue weighted by molar-refractivity contribution is 6.30. The lowest BCUT2D eigenvalue weighted by atomic mass is 9.74. The topological polar surface area (TPSA) is 55.8 Å². The molecule has 3 aromatic rings. The number of carboxylic acids is 1. The molecule has 0 aromatic heterocycles. The number of carbonyl (C=O) groups is 1. The van der Waals surface area contributed by atoms with Crippen molar-refractivity contribution < 1.29 is 19.4 Å². The molecular weight excluding hydrogens is 472 g/mol. The minimum Gasteiger partial charge on any atom is -0.482 e. The van der Waals surface area contributed by atoms with E-state index in [0.29, 0.717) is 16.7 Å². The number of carboxylic acid groups (broad SMARTS) is 1. The van der Waals surface area contributed by atoms with E-state index in [1.807, 2.05) is 49.4 Å². The Kier molecular flexibility index (Phi) is 8.17. The zero-order valence-corrected chi connectivity index (χ0v) is 21.7. The number of halogens is 1. The lowest BCUT2D eigenvalue weighted by Crippen LogP contribution is -2.32. The summed E-state index contributed by atoms with van der Waals surface area (Å²) < 4.78 is 12.7. The Bertz CT molecular complexity index is 1200. The third-order valence-corrected chi connectivity index (χ3v) is 7.20. The molecule has 0 unspecified atom stereocenters. The van der Waals surface area contributed by atoms with Crippen LogP contribution in [0.5, 0.6) is 5.75 Å². The van der Waals surface area contributed by atoms with Crippen molar-refractivity contribution in [2.75, 3.05) is 6.61 Å². The van der Waals surface area contributed by atoms with Crippen molar-refractivity contribution in [1.82, 2.24) is 0 Å². The molecule has 5 heteroatoms. The first-order valence-corrected chi connectivity index (χ1v) is 12.7. The fourth-order valence-electron chi connectivity index (χ4n) is 5.01. The number of hydrogen-bond acceptors (Lipinski definition) is 3. The Hall–Kier alpha value is -3.08. The van der Waals surface area contributed by atoms with Gasteiger partial charge in [0.2, 0.25) is 0 Å². The Balaban J connectivity index is 1.82. The van der Waals surface area contributed by atoms with Crippen LogP contribution in [0.4, 0.5) is 0 Å². The predicted molar refractivity (Wildman–Crippen MR) is 144 cm³/mol. The smallest absolute Gasteiger partial charge is 0.341 e. The van der Waals surface area contributed by atoms with Crippen LogP contribution in [0, 0.1) is 5.92 Å². The van der Waals surface area contributed by atoms with Gasteiger partial charge in [-0.1, -0.05) is 86.1 Å². The van der Waals surface area contributed by atoms with E-state index >= 15 is 0 Å². The molecule has 1 saturated heterocycles. The van der Waals surface area contributed by atoms with Gasteiger partial charge < -0.3 is 14.6 Å². The van der Waals surface area contributed by atoms with Gasteiger partial charge in [-0.3, -0.25) is 0 Å². The molecule has 0 radical (unpaired) electrons. The molecule has 1 N–H and O–H groups in total. The van der Waals surface area contributed by atoms with Crippen molar-refractivity contribution in [3.63, 3.8) is 0 Å². The van der Waals surface area contributed by atoms with Crippen LogP contribution in [0.25, 0.3) is 0 Å². The van der Waals surface area contributed by atoms with Gasteiger partial charge in [-0.05, 0) is 60.2 Å². The maximum absolute atomic E-state index is 11.3. The first kappa shape index (κ1) is 26.0. The zero-order valence-electron chi connectivity index (χ0n) is 21.0. The van der Waals surface area contributed by atoms with E-state index in [9.17, 15) is 9.90 Å². The first-order valence-electron chi connectivity index (χ1n) is 12.3. The number of rotatable bonds is 8. The monoisotopic (exact) mass is 504 g/mol. The molecule has 4 nitrogen and oxygen atoms in total. The predicted octanol–water partition coefficient (Wildman–Crippen LogP) is 8.11. The van der Waals surface area contributed by atoms with E-state index in [1.165, 1.54) is 5.56 Å². The van der Waals surface area contributed by atoms with Crippen LogP contribution in [-0.2, 0) is 9.53 Å². The molecular formula is C31H33ClO4. The fraction of sp³-hybridized carbons (Fsp3) is 0.323. The molecule has 4 rings (SSSR count). The summed E-state index contributed by atoms with van der Waals surface area (Å²) in [5.74, 6) is -0.0484. The molecule has 1 aliphatic heterocycles. The maximum Gasteiger partial charge on any atom is 0.341 e. The number of benzene rings is 3. The third kappa shape index (κ3) is 5.83. The fourth-order valence-corrected chi connectivity index (χ4v) is 5.14. The van der Waals surface area contributed by atoms with Crippen molar-refractivity contribution in [3.05, 3.63) is 112 Å². The van der Waals surface area contributed by atoms with Crippen molar-refractivity contribution in [1.29, 1.82) is 0 Å². The molecule has 0 spiro atoms. The summed E-state index contributed by atoms with van der Waals surface area (Å²) in [5.41, 5.74) is 5.28. The summed E-state index contributed by atoms with van der Waals surface area (Å²) in [6.07, 6.45) is 0.271. The van der Waals surface area contributed by atoms with Gasteiger partial charge in [0.05, 0.1) is 12.2 Å². The zero-order chi connectivity index (χ0) is 25.8. The molecule has 1 heterocycles. The highest BCUT2D eigenvalue weighted by Crippen LogP contribution is 2.53. The Morgan fingerprint density at radius 2 is 1.75 bits per heavy atom. The van der Waals surface area contributed by atoms with Gasteiger partial charge in [0.1, 0.15) is 5.75 Å². The molecule has 0 bridgehead atoms. The lowest BCUT2D eigenvalue weighted by molar-refractivity contribution is -0.139. The van der Waals surface area contributed by atoms with Gasteiger partial charge in [-0.25, -0.2) is 4.79 Å². The van der Waals surface area contributed by atoms with Crippen LogP contribution < -0.4 is 4.74 Å². The maximum atomic E-state index is 11.3. The van der Waals surface area contributed by atoms with Crippen LogP contribution in [0.1, 0.15) is 73.5 Å². The number of aliphatic carboxylic acids is 1. The SMILES string of the molecule is C=C(C)[C@H]1C[C@@H](c2ccccc2)[C@H](c2ccc(Cl)cc2)O[C@@H]1c1cc(C(C)C)ccc1OCC(=O)O. The Morgan fingerprint density at radius 1 is 1.06 bits per heavy atom. The summed E-state index contributed by atoms with van der Waals surface area (Å²) >= 11 is 6.20. The van der Waals surface area contributed by atoms with Crippen molar-refractivity contribution in [3.8, 4) is 5.75 Å². The van der Waals surface area contributed by atoms with Crippen molar-refractivity contribution in [2.45, 2.75) is 51.2 Å². The van der Waals surface area contributed by atoms with Gasteiger partial charge in [0.25, 0.3) is 0 Å². The molecule has 4 atom stereocenters. The van der Waals surface area contributed by atoms with Gasteiger partial charge in [0, 0.05) is 22.4 Å². The van der Waals surface area contributed by atoms with Gasteiger partial charge in [0.15, 0.2) is 6.61 Å². The van der Waals surface area contributed by atoms with E-state index in [2.05, 4.69) is 50.8 Å². The number of ether oxygens (including phenoxy) is 2.